The summed E-state index contributed by atoms with van der Waals surface area (Å²) in [5.74, 6) is -3.62. The minimum Gasteiger partial charge on any atom is -0.261 e. The zero-order valence-corrected chi connectivity index (χ0v) is 6.91. The van der Waals surface area contributed by atoms with Gasteiger partial charge in [0.05, 0.1) is 4.11 Å². The summed E-state index contributed by atoms with van der Waals surface area (Å²) in [5.41, 5.74) is -0.993. The van der Waals surface area contributed by atoms with Gasteiger partial charge in [-0.05, 0) is 24.4 Å². The van der Waals surface area contributed by atoms with Crippen molar-refractivity contribution in [3.05, 3.63) is 28.4 Å². The fraction of sp³-hybridized carbons (Fsp3) is 0.444. The zero-order valence-electron chi connectivity index (χ0n) is 17.3. The predicted molar refractivity (Wildman–Crippen MR) is 50.5 cm³/mol. The molecule has 0 saturated heterocycles. The van der Waals surface area contributed by atoms with E-state index in [4.69, 9.17) is 16.4 Å². The van der Waals surface area contributed by atoms with Gasteiger partial charge in [0.15, 0.2) is 0 Å². The van der Waals surface area contributed by atoms with E-state index in [-0.39, 0.29) is 4.47 Å². The van der Waals surface area contributed by atoms with E-state index < -0.39 is 49.9 Å². The van der Waals surface area contributed by atoms with Crippen LogP contribution in [0.3, 0.4) is 0 Å². The second kappa shape index (κ2) is 3.86. The minimum absolute atomic E-state index is 0.338. The maximum Gasteiger partial charge on any atom is 0.0840 e. The molecule has 2 heteroatoms. The van der Waals surface area contributed by atoms with Gasteiger partial charge in [0, 0.05) is 28.7 Å². The first kappa shape index (κ1) is 1.92. The van der Waals surface area contributed by atoms with E-state index >= 15 is 0 Å². The van der Waals surface area contributed by atoms with Gasteiger partial charge < -0.3 is 0 Å². The molecule has 11 heavy (non-hydrogen) atoms. The largest absolute Gasteiger partial charge is 0.261 e. The van der Waals surface area contributed by atoms with Gasteiger partial charge in [-0.1, -0.05) is 29.6 Å². The van der Waals surface area contributed by atoms with Gasteiger partial charge in [-0.2, -0.15) is 0 Å². The lowest BCUT2D eigenvalue weighted by molar-refractivity contribution is 0.635. The number of rotatable bonds is 2. The standard InChI is InChI=1S/C9H12BrN/c1-7(2)5-9-6-8(10)3-4-11-9/h3-4,6-7H,5H2,1-2H3/i1D3,2D3,3D,4D,5D2,6D,7D. The topological polar surface area (TPSA) is 12.9 Å². The summed E-state index contributed by atoms with van der Waals surface area (Å²) >= 11 is 2.80. The highest BCUT2D eigenvalue weighted by atomic mass is 79.9. The Hall–Kier alpha value is -0.370. The van der Waals surface area contributed by atoms with Gasteiger partial charge in [-0.3, -0.25) is 4.98 Å². The second-order valence-corrected chi connectivity index (χ2v) is 2.43. The van der Waals surface area contributed by atoms with E-state index in [1.165, 1.54) is 0 Å². The van der Waals surface area contributed by atoms with Crippen LogP contribution in [-0.4, -0.2) is 4.98 Å². The number of halogens is 1. The minimum atomic E-state index is -3.62. The second-order valence-electron chi connectivity index (χ2n) is 1.64. The van der Waals surface area contributed by atoms with Crippen molar-refractivity contribution in [2.24, 2.45) is 5.89 Å². The van der Waals surface area contributed by atoms with Crippen molar-refractivity contribution in [1.82, 2.24) is 4.98 Å². The lowest BCUT2D eigenvalue weighted by atomic mass is 10.1. The molecule has 0 unspecified atom stereocenters. The molecule has 0 radical (unpaired) electrons. The van der Waals surface area contributed by atoms with Crippen molar-refractivity contribution in [2.75, 3.05) is 0 Å². The normalized spacial score (nSPS) is 31.0. The van der Waals surface area contributed by atoms with Crippen LogP contribution in [0.2, 0.25) is 0 Å². The van der Waals surface area contributed by atoms with E-state index in [2.05, 4.69) is 20.9 Å². The molecule has 1 heterocycles. The number of hydrogen-bond acceptors (Lipinski definition) is 1. The Bertz CT molecular complexity index is 604. The van der Waals surface area contributed by atoms with Crippen LogP contribution >= 0.6 is 15.9 Å². The lowest BCUT2D eigenvalue weighted by Gasteiger charge is -2.02. The van der Waals surface area contributed by atoms with Crippen LogP contribution in [0.4, 0.5) is 0 Å². The quantitative estimate of drug-likeness (QED) is 0.755. The molecular formula is C9H12BrN. The third-order valence-corrected chi connectivity index (χ3v) is 1.20. The average Bonchev–Trinajstić information content (AvgIpc) is 2.36. The first-order valence-electron chi connectivity index (χ1n) is 8.64. The van der Waals surface area contributed by atoms with E-state index in [0.717, 1.165) is 0 Å². The molecule has 1 aromatic heterocycles. The Balaban J connectivity index is 3.82. The van der Waals surface area contributed by atoms with Crippen molar-refractivity contribution in [2.45, 2.75) is 20.1 Å². The highest BCUT2D eigenvalue weighted by Gasteiger charge is 1.98. The Kier molecular flexibility index (Phi) is 0.676. The summed E-state index contributed by atoms with van der Waals surface area (Å²) in [5, 5.41) is 0. The van der Waals surface area contributed by atoms with Crippen LogP contribution in [0.5, 0.6) is 0 Å². The Morgan fingerprint density at radius 1 is 2.00 bits per heavy atom. The molecule has 0 spiro atoms. The van der Waals surface area contributed by atoms with Gasteiger partial charge in [-0.15, -0.1) is 0 Å². The van der Waals surface area contributed by atoms with Crippen LogP contribution in [0.1, 0.15) is 35.8 Å². The van der Waals surface area contributed by atoms with Gasteiger partial charge in [0.25, 0.3) is 0 Å². The predicted octanol–water partition coefficient (Wildman–Crippen LogP) is 3.04. The summed E-state index contributed by atoms with van der Waals surface area (Å²) in [7, 11) is 0. The van der Waals surface area contributed by atoms with Gasteiger partial charge in [0.1, 0.15) is 0 Å². The monoisotopic (exact) mass is 225 g/mol. The molecule has 0 fully saturated rings. The third-order valence-electron chi connectivity index (χ3n) is 0.805. The van der Waals surface area contributed by atoms with Crippen molar-refractivity contribution in [3.8, 4) is 0 Å². The van der Waals surface area contributed by atoms with Crippen LogP contribution in [0, 0.1) is 5.89 Å². The molecule has 0 atom stereocenters. The van der Waals surface area contributed by atoms with Crippen LogP contribution in [0.15, 0.2) is 22.7 Å². The highest BCUT2D eigenvalue weighted by Crippen LogP contribution is 2.11. The van der Waals surface area contributed by atoms with Crippen molar-refractivity contribution in [1.29, 1.82) is 0 Å². The van der Waals surface area contributed by atoms with Crippen molar-refractivity contribution in [3.63, 3.8) is 0 Å². The molecule has 0 aliphatic heterocycles. The number of nitrogens with zero attached hydrogens (tertiary/aromatic N) is 1. The van der Waals surface area contributed by atoms with Gasteiger partial charge in [-0.25, -0.2) is 0 Å². The van der Waals surface area contributed by atoms with Crippen LogP contribution in [0.25, 0.3) is 0 Å². The van der Waals surface area contributed by atoms with Crippen LogP contribution in [-0.2, 0) is 6.37 Å². The van der Waals surface area contributed by atoms with E-state index in [0.29, 0.717) is 0 Å². The zero-order chi connectivity index (χ0) is 18.6. The van der Waals surface area contributed by atoms with Gasteiger partial charge >= 0.3 is 0 Å². The van der Waals surface area contributed by atoms with Gasteiger partial charge in [0.2, 0.25) is 0 Å². The molecule has 1 aromatic rings. The molecule has 0 amide bonds. The number of hydrogen-bond donors (Lipinski definition) is 0. The molecular weight excluding hydrogens is 202 g/mol. The van der Waals surface area contributed by atoms with Crippen molar-refractivity contribution < 1.29 is 16.4 Å². The first-order chi connectivity index (χ1) is 10.00. The maximum atomic E-state index is 7.95. The molecule has 0 aliphatic rings. The van der Waals surface area contributed by atoms with Crippen molar-refractivity contribution >= 4 is 15.9 Å². The maximum absolute atomic E-state index is 7.95. The fourth-order valence-electron chi connectivity index (χ4n) is 0.474. The average molecular weight is 226 g/mol. The molecule has 1 nitrogen and oxygen atoms in total. The Morgan fingerprint density at radius 2 is 2.82 bits per heavy atom. The molecule has 0 aromatic carbocycles. The fourth-order valence-corrected chi connectivity index (χ4v) is 0.750. The molecule has 0 saturated carbocycles. The number of pyridine rings is 1. The first-order valence-corrected chi connectivity index (χ1v) is 3.43. The van der Waals surface area contributed by atoms with E-state index in [9.17, 15) is 0 Å². The molecule has 0 aliphatic carbocycles. The molecule has 0 N–H and O–H groups in total. The SMILES string of the molecule is [2H]c1nc(C([2H])([2H])C([2H])(C([2H])([2H])[2H])C([2H])([2H])[2H])c([2H])c(Br)c1[2H]. The highest BCUT2D eigenvalue weighted by molar-refractivity contribution is 9.10. The molecule has 0 bridgehead atoms. The lowest BCUT2D eigenvalue weighted by Crippen LogP contribution is -1.96. The smallest absolute Gasteiger partial charge is 0.0840 e. The Morgan fingerprint density at radius 3 is 3.55 bits per heavy atom. The molecule has 60 valence electrons. The van der Waals surface area contributed by atoms with E-state index in [1.807, 2.05) is 0 Å². The summed E-state index contributed by atoms with van der Waals surface area (Å²) < 4.78 is 90.2. The van der Waals surface area contributed by atoms with E-state index in [1.54, 1.807) is 0 Å². The summed E-state index contributed by atoms with van der Waals surface area (Å²) in [6.07, 6.45) is -4.18. The third kappa shape index (κ3) is 3.02. The summed E-state index contributed by atoms with van der Waals surface area (Å²) in [4.78, 5) is 3.36. The summed E-state index contributed by atoms with van der Waals surface area (Å²) in [6, 6.07) is -1.31. The van der Waals surface area contributed by atoms with Crippen LogP contribution < -0.4 is 0 Å². The Labute approximate surface area is 92.8 Å². The number of aromatic nitrogens is 1. The summed E-state index contributed by atoms with van der Waals surface area (Å²) in [6.45, 7) is -7.13. The molecule has 1 rings (SSSR count).